The van der Waals surface area contributed by atoms with Crippen molar-refractivity contribution >= 4 is 50.3 Å². The van der Waals surface area contributed by atoms with Crippen LogP contribution in [-0.4, -0.2) is 39.2 Å². The minimum absolute atomic E-state index is 0.0173. The molecule has 184 valence electrons. The van der Waals surface area contributed by atoms with Gasteiger partial charge >= 0.3 is 0 Å². The third-order valence-electron chi connectivity index (χ3n) is 5.13. The number of nitrogens with zero attached hydrogens (tertiary/aromatic N) is 3. The second-order valence-corrected chi connectivity index (χ2v) is 9.74. The molecule has 1 aromatic heterocycles. The van der Waals surface area contributed by atoms with Gasteiger partial charge in [0.05, 0.1) is 29.4 Å². The Bertz CT molecular complexity index is 1530. The number of sulfonamides is 1. The number of methoxy groups -OCH3 is 1. The van der Waals surface area contributed by atoms with Gasteiger partial charge < -0.3 is 4.74 Å². The van der Waals surface area contributed by atoms with E-state index >= 15 is 0 Å². The van der Waals surface area contributed by atoms with Gasteiger partial charge in [0.15, 0.2) is 0 Å². The highest BCUT2D eigenvalue weighted by Gasteiger charge is 2.27. The first-order valence-corrected chi connectivity index (χ1v) is 12.4. The van der Waals surface area contributed by atoms with Gasteiger partial charge in [0.25, 0.3) is 15.9 Å². The highest BCUT2D eigenvalue weighted by Crippen LogP contribution is 2.25. The molecular weight excluding hydrogens is 507 g/mol. The molecule has 8 nitrogen and oxygen atoms in total. The van der Waals surface area contributed by atoms with Crippen LogP contribution in [0.25, 0.3) is 10.9 Å². The van der Waals surface area contributed by atoms with Crippen molar-refractivity contribution in [2.75, 3.05) is 18.0 Å². The van der Waals surface area contributed by atoms with Crippen molar-refractivity contribution in [2.24, 2.45) is 5.10 Å². The van der Waals surface area contributed by atoms with Crippen LogP contribution in [0.15, 0.2) is 88.9 Å². The van der Waals surface area contributed by atoms with Gasteiger partial charge in [0.1, 0.15) is 23.3 Å². The zero-order valence-corrected chi connectivity index (χ0v) is 20.5. The first-order chi connectivity index (χ1) is 17.3. The lowest BCUT2D eigenvalue weighted by atomic mass is 10.1. The van der Waals surface area contributed by atoms with E-state index in [0.29, 0.717) is 16.8 Å². The van der Waals surface area contributed by atoms with E-state index in [0.717, 1.165) is 21.8 Å². The molecule has 0 saturated heterocycles. The zero-order valence-electron chi connectivity index (χ0n) is 18.9. The first-order valence-electron chi connectivity index (χ1n) is 10.6. The summed E-state index contributed by atoms with van der Waals surface area (Å²) in [6.07, 6.45) is 1.31. The van der Waals surface area contributed by atoms with E-state index in [9.17, 15) is 17.6 Å². The van der Waals surface area contributed by atoms with Crippen LogP contribution in [0.3, 0.4) is 0 Å². The van der Waals surface area contributed by atoms with Gasteiger partial charge in [0.2, 0.25) is 0 Å². The largest absolute Gasteiger partial charge is 0.497 e. The molecule has 0 radical (unpaired) electrons. The van der Waals surface area contributed by atoms with Gasteiger partial charge in [-0.3, -0.25) is 9.10 Å². The molecule has 11 heteroatoms. The number of ether oxygens (including phenoxy) is 1. The highest BCUT2D eigenvalue weighted by atomic mass is 35.5. The van der Waals surface area contributed by atoms with Gasteiger partial charge in [-0.25, -0.2) is 23.2 Å². The minimum atomic E-state index is -4.12. The molecule has 0 fully saturated rings. The molecule has 4 rings (SSSR count). The molecule has 36 heavy (non-hydrogen) atoms. The number of aromatic nitrogens is 1. The van der Waals surface area contributed by atoms with Gasteiger partial charge in [-0.05, 0) is 54.6 Å². The predicted octanol–water partition coefficient (Wildman–Crippen LogP) is 4.38. The van der Waals surface area contributed by atoms with Crippen molar-refractivity contribution in [1.29, 1.82) is 0 Å². The summed E-state index contributed by atoms with van der Waals surface area (Å²) >= 11 is 6.24. The minimum Gasteiger partial charge on any atom is -0.497 e. The normalized spacial score (nSPS) is 11.5. The number of carbonyl (C=O) groups excluding carboxylic acids is 1. The van der Waals surface area contributed by atoms with Crippen LogP contribution in [0.1, 0.15) is 5.56 Å². The smallest absolute Gasteiger partial charge is 0.264 e. The van der Waals surface area contributed by atoms with Crippen molar-refractivity contribution in [3.8, 4) is 5.75 Å². The number of carbonyl (C=O) groups is 1. The number of pyridine rings is 1. The van der Waals surface area contributed by atoms with Crippen LogP contribution in [0.4, 0.5) is 10.1 Å². The average Bonchev–Trinajstić information content (AvgIpc) is 2.88. The maximum atomic E-state index is 13.4. The summed E-state index contributed by atoms with van der Waals surface area (Å²) in [5, 5.41) is 4.85. The van der Waals surface area contributed by atoms with Crippen LogP contribution >= 0.6 is 11.6 Å². The Balaban J connectivity index is 1.54. The SMILES string of the molecule is COc1ccc2cc(/C=N\NC(=O)CN(c3ccc(F)cc3)S(=O)(=O)c3ccccc3)c(Cl)nc2c1. The van der Waals surface area contributed by atoms with E-state index in [1.165, 1.54) is 30.5 Å². The molecule has 0 spiro atoms. The summed E-state index contributed by atoms with van der Waals surface area (Å²) in [7, 11) is -2.57. The molecule has 1 N–H and O–H groups in total. The number of hydrogen-bond acceptors (Lipinski definition) is 6. The predicted molar refractivity (Wildman–Crippen MR) is 136 cm³/mol. The summed E-state index contributed by atoms with van der Waals surface area (Å²) in [6, 6.07) is 19.5. The Hall–Kier alpha value is -4.02. The summed E-state index contributed by atoms with van der Waals surface area (Å²) in [5.41, 5.74) is 3.50. The van der Waals surface area contributed by atoms with E-state index in [4.69, 9.17) is 16.3 Å². The van der Waals surface area contributed by atoms with Gasteiger partial charge in [-0.1, -0.05) is 29.8 Å². The molecule has 0 bridgehead atoms. The topological polar surface area (TPSA) is 101 Å². The molecular formula is C25H20ClFN4O4S. The second-order valence-electron chi connectivity index (χ2n) is 7.52. The summed E-state index contributed by atoms with van der Waals surface area (Å²) in [6.45, 7) is -0.594. The molecule has 0 saturated carbocycles. The average molecular weight is 527 g/mol. The molecule has 3 aromatic carbocycles. The van der Waals surface area contributed by atoms with E-state index in [2.05, 4.69) is 15.5 Å². The van der Waals surface area contributed by atoms with Crippen LogP contribution < -0.4 is 14.5 Å². The number of rotatable bonds is 8. The summed E-state index contributed by atoms with van der Waals surface area (Å²) in [4.78, 5) is 17.0. The fourth-order valence-electron chi connectivity index (χ4n) is 3.34. The molecule has 0 aliphatic heterocycles. The number of hydrogen-bond donors (Lipinski definition) is 1. The number of hydrazone groups is 1. The summed E-state index contributed by atoms with van der Waals surface area (Å²) < 4.78 is 46.0. The van der Waals surface area contributed by atoms with Crippen LogP contribution in [0.5, 0.6) is 5.75 Å². The fraction of sp³-hybridized carbons (Fsp3) is 0.0800. The number of fused-ring (bicyclic) bond motifs is 1. The van der Waals surface area contributed by atoms with Crippen LogP contribution in [-0.2, 0) is 14.8 Å². The fourth-order valence-corrected chi connectivity index (χ4v) is 4.98. The van der Waals surface area contributed by atoms with E-state index in [1.807, 2.05) is 6.07 Å². The number of halogens is 2. The van der Waals surface area contributed by atoms with Crippen LogP contribution in [0.2, 0.25) is 5.15 Å². The Kier molecular flexibility index (Phi) is 7.47. The quantitative estimate of drug-likeness (QED) is 0.208. The van der Waals surface area contributed by atoms with Crippen molar-refractivity contribution in [3.05, 3.63) is 95.4 Å². The lowest BCUT2D eigenvalue weighted by molar-refractivity contribution is -0.119. The standard InChI is InChI=1S/C25H20ClFN4O4S/c1-35-21-12-7-17-13-18(25(26)29-23(17)14-21)15-28-30-24(32)16-31(20-10-8-19(27)9-11-20)36(33,34)22-5-3-2-4-6-22/h2-15H,16H2,1H3,(H,30,32)/b28-15-. The Morgan fingerprint density at radius 2 is 1.83 bits per heavy atom. The Labute approximate surface area is 212 Å². The van der Waals surface area contributed by atoms with E-state index < -0.39 is 28.3 Å². The zero-order chi connectivity index (χ0) is 25.7. The molecule has 4 aromatic rings. The number of nitrogens with one attached hydrogen (secondary N) is 1. The molecule has 0 aliphatic carbocycles. The third-order valence-corrected chi connectivity index (χ3v) is 7.22. The number of anilines is 1. The number of benzene rings is 3. The molecule has 0 aliphatic rings. The van der Waals surface area contributed by atoms with Gasteiger partial charge in [0, 0.05) is 17.0 Å². The lowest BCUT2D eigenvalue weighted by Gasteiger charge is -2.23. The van der Waals surface area contributed by atoms with E-state index in [1.54, 1.807) is 43.5 Å². The maximum Gasteiger partial charge on any atom is 0.264 e. The van der Waals surface area contributed by atoms with Crippen molar-refractivity contribution < 1.29 is 22.3 Å². The molecule has 1 heterocycles. The van der Waals surface area contributed by atoms with Gasteiger partial charge in [-0.15, -0.1) is 0 Å². The van der Waals surface area contributed by atoms with Crippen LogP contribution in [0, 0.1) is 5.82 Å². The number of amides is 1. The second kappa shape index (κ2) is 10.7. The Morgan fingerprint density at radius 3 is 2.53 bits per heavy atom. The third kappa shape index (κ3) is 5.61. The molecule has 0 unspecified atom stereocenters. The summed E-state index contributed by atoms with van der Waals surface area (Å²) in [5.74, 6) is -0.621. The monoisotopic (exact) mass is 526 g/mol. The Morgan fingerprint density at radius 1 is 1.11 bits per heavy atom. The van der Waals surface area contributed by atoms with Crippen molar-refractivity contribution in [2.45, 2.75) is 4.90 Å². The maximum absolute atomic E-state index is 13.4. The van der Waals surface area contributed by atoms with Crippen molar-refractivity contribution in [3.63, 3.8) is 0 Å². The van der Waals surface area contributed by atoms with E-state index in [-0.39, 0.29) is 15.7 Å². The van der Waals surface area contributed by atoms with Crippen molar-refractivity contribution in [1.82, 2.24) is 10.4 Å². The molecule has 1 amide bonds. The van der Waals surface area contributed by atoms with Gasteiger partial charge in [-0.2, -0.15) is 5.10 Å². The highest BCUT2D eigenvalue weighted by molar-refractivity contribution is 7.92. The lowest BCUT2D eigenvalue weighted by Crippen LogP contribution is -2.39. The molecule has 0 atom stereocenters. The first kappa shape index (κ1) is 25.1.